The number of Topliss-reactive ketones (excluding diaryl/α,β-unsaturated/α-hetero) is 1. The van der Waals surface area contributed by atoms with E-state index in [0.29, 0.717) is 18.0 Å². The molecule has 1 atom stereocenters. The van der Waals surface area contributed by atoms with Crippen molar-refractivity contribution in [2.24, 2.45) is 5.92 Å². The molecule has 13 heavy (non-hydrogen) atoms. The van der Waals surface area contributed by atoms with E-state index in [1.165, 1.54) is 11.1 Å². The Labute approximate surface area is 83.6 Å². The van der Waals surface area contributed by atoms with Gasteiger partial charge in [0.1, 0.15) is 5.78 Å². The van der Waals surface area contributed by atoms with Gasteiger partial charge in [-0.15, -0.1) is 0 Å². The van der Waals surface area contributed by atoms with Gasteiger partial charge in [0.15, 0.2) is 0 Å². The predicted octanol–water partition coefficient (Wildman–Crippen LogP) is 2.90. The zero-order chi connectivity index (χ0) is 9.84. The molecule has 0 amide bonds. The molecule has 3 heteroatoms. The van der Waals surface area contributed by atoms with E-state index in [4.69, 9.17) is 4.55 Å². The largest absolute Gasteiger partial charge is 0.330 e. The highest BCUT2D eigenvalue weighted by atomic mass is 32.2. The number of carbonyl (C=O) groups is 1. The van der Waals surface area contributed by atoms with Gasteiger partial charge in [0, 0.05) is 18.1 Å². The smallest absolute Gasteiger partial charge is 0.140 e. The summed E-state index contributed by atoms with van der Waals surface area (Å²) in [7, 11) is 0. The van der Waals surface area contributed by atoms with Crippen LogP contribution in [0.5, 0.6) is 0 Å². The molecule has 1 saturated carbocycles. The Balaban J connectivity index is 2.57. The highest BCUT2D eigenvalue weighted by Gasteiger charge is 2.24. The molecule has 0 radical (unpaired) electrons. The van der Waals surface area contributed by atoms with Crippen LogP contribution in [0.2, 0.25) is 0 Å². The minimum absolute atomic E-state index is 0.0816. The van der Waals surface area contributed by atoms with Gasteiger partial charge in [-0.3, -0.25) is 4.79 Å². The maximum Gasteiger partial charge on any atom is 0.140 e. The van der Waals surface area contributed by atoms with E-state index in [-0.39, 0.29) is 5.92 Å². The second kappa shape index (κ2) is 4.82. The van der Waals surface area contributed by atoms with Crippen LogP contribution < -0.4 is 0 Å². The Bertz CT molecular complexity index is 229. The molecule has 1 aliphatic rings. The van der Waals surface area contributed by atoms with Crippen molar-refractivity contribution < 1.29 is 9.35 Å². The normalized spacial score (nSPS) is 23.5. The van der Waals surface area contributed by atoms with Gasteiger partial charge in [0.05, 0.1) is 0 Å². The zero-order valence-electron chi connectivity index (χ0n) is 8.17. The molecular weight excluding hydrogens is 184 g/mol. The highest BCUT2D eigenvalue weighted by molar-refractivity contribution is 7.93. The van der Waals surface area contributed by atoms with Crippen LogP contribution in [-0.2, 0) is 4.79 Å². The van der Waals surface area contributed by atoms with Crippen LogP contribution >= 0.6 is 12.0 Å². The Morgan fingerprint density at radius 2 is 2.31 bits per heavy atom. The van der Waals surface area contributed by atoms with Crippen LogP contribution in [0.1, 0.15) is 33.1 Å². The lowest BCUT2D eigenvalue weighted by molar-refractivity contribution is -0.122. The minimum Gasteiger partial charge on any atom is -0.330 e. The van der Waals surface area contributed by atoms with Crippen molar-refractivity contribution in [3.05, 3.63) is 11.1 Å². The van der Waals surface area contributed by atoms with Crippen molar-refractivity contribution in [2.45, 2.75) is 33.1 Å². The van der Waals surface area contributed by atoms with E-state index in [1.54, 1.807) is 0 Å². The molecule has 0 aromatic heterocycles. The van der Waals surface area contributed by atoms with Crippen molar-refractivity contribution in [3.8, 4) is 0 Å². The molecule has 0 heterocycles. The minimum atomic E-state index is 0.0816. The van der Waals surface area contributed by atoms with Crippen molar-refractivity contribution in [1.29, 1.82) is 0 Å². The lowest BCUT2D eigenvalue weighted by Crippen LogP contribution is -2.22. The summed E-state index contributed by atoms with van der Waals surface area (Å²) >= 11 is 0.785. The summed E-state index contributed by atoms with van der Waals surface area (Å²) in [6.45, 7) is 4.12. The molecule has 2 nitrogen and oxygen atoms in total. The fourth-order valence-electron chi connectivity index (χ4n) is 1.65. The molecule has 1 unspecified atom stereocenters. The van der Waals surface area contributed by atoms with Gasteiger partial charge in [-0.2, -0.15) is 0 Å². The van der Waals surface area contributed by atoms with Crippen molar-refractivity contribution in [3.63, 3.8) is 0 Å². The van der Waals surface area contributed by atoms with Gasteiger partial charge >= 0.3 is 0 Å². The standard InChI is InChI=1S/C10H16O2S/c1-7(2)8-3-4-9(6-13-12)10(11)5-8/h9,12H,3-6H2,1-2H3. The first-order valence-corrected chi connectivity index (χ1v) is 5.53. The predicted molar refractivity (Wildman–Crippen MR) is 55.8 cm³/mol. The Morgan fingerprint density at radius 3 is 2.77 bits per heavy atom. The van der Waals surface area contributed by atoms with Crippen LogP contribution in [0.25, 0.3) is 0 Å². The van der Waals surface area contributed by atoms with Crippen LogP contribution in [0.3, 0.4) is 0 Å². The zero-order valence-corrected chi connectivity index (χ0v) is 8.99. The number of ketones is 1. The van der Waals surface area contributed by atoms with E-state index >= 15 is 0 Å². The fraction of sp³-hybridized carbons (Fsp3) is 0.700. The van der Waals surface area contributed by atoms with Crippen molar-refractivity contribution in [2.75, 3.05) is 5.75 Å². The SMILES string of the molecule is CC(C)=C1CCC(CSO)C(=O)C1. The first-order valence-electron chi connectivity index (χ1n) is 4.59. The average molecular weight is 200 g/mol. The van der Waals surface area contributed by atoms with Gasteiger partial charge in [0.2, 0.25) is 0 Å². The third kappa shape index (κ3) is 2.85. The number of rotatable bonds is 2. The van der Waals surface area contributed by atoms with Gasteiger partial charge in [0.25, 0.3) is 0 Å². The molecule has 0 saturated heterocycles. The van der Waals surface area contributed by atoms with Crippen LogP contribution in [0.4, 0.5) is 0 Å². The number of carbonyl (C=O) groups excluding carboxylic acids is 1. The molecule has 0 aromatic carbocycles. The number of hydrogen-bond acceptors (Lipinski definition) is 3. The number of hydrogen-bond donors (Lipinski definition) is 1. The molecule has 1 N–H and O–H groups in total. The van der Waals surface area contributed by atoms with E-state index in [0.717, 1.165) is 24.9 Å². The van der Waals surface area contributed by atoms with Crippen LogP contribution in [0, 0.1) is 5.92 Å². The monoisotopic (exact) mass is 200 g/mol. The summed E-state index contributed by atoms with van der Waals surface area (Å²) in [6.07, 6.45) is 2.54. The van der Waals surface area contributed by atoms with Gasteiger partial charge in [-0.1, -0.05) is 11.1 Å². The van der Waals surface area contributed by atoms with Crippen molar-refractivity contribution >= 4 is 17.8 Å². The maximum atomic E-state index is 11.5. The quantitative estimate of drug-likeness (QED) is 0.550. The summed E-state index contributed by atoms with van der Waals surface area (Å²) in [5.41, 5.74) is 2.58. The Hall–Kier alpha value is -0.280. The first kappa shape index (κ1) is 10.8. The molecule has 0 aromatic rings. The first-order chi connectivity index (χ1) is 6.15. The van der Waals surface area contributed by atoms with Crippen LogP contribution in [-0.4, -0.2) is 16.1 Å². The van der Waals surface area contributed by atoms with Crippen molar-refractivity contribution in [1.82, 2.24) is 0 Å². The average Bonchev–Trinajstić information content (AvgIpc) is 2.08. The van der Waals surface area contributed by atoms with Gasteiger partial charge in [-0.25, -0.2) is 0 Å². The number of allylic oxidation sites excluding steroid dienone is 2. The summed E-state index contributed by atoms with van der Waals surface area (Å²) in [5, 5.41) is 0. The molecule has 0 spiro atoms. The van der Waals surface area contributed by atoms with E-state index < -0.39 is 0 Å². The summed E-state index contributed by atoms with van der Waals surface area (Å²) in [6, 6.07) is 0. The highest BCUT2D eigenvalue weighted by Crippen LogP contribution is 2.28. The van der Waals surface area contributed by atoms with Crippen LogP contribution in [0.15, 0.2) is 11.1 Å². The lowest BCUT2D eigenvalue weighted by atomic mass is 9.84. The Kier molecular flexibility index (Phi) is 4.00. The molecule has 74 valence electrons. The van der Waals surface area contributed by atoms with E-state index in [9.17, 15) is 4.79 Å². The third-order valence-corrected chi connectivity index (χ3v) is 3.17. The fourth-order valence-corrected chi connectivity index (χ4v) is 2.18. The van der Waals surface area contributed by atoms with Gasteiger partial charge in [-0.05, 0) is 38.7 Å². The maximum absolute atomic E-state index is 11.5. The molecular formula is C10H16O2S. The third-order valence-electron chi connectivity index (χ3n) is 2.62. The summed E-state index contributed by atoms with van der Waals surface area (Å²) < 4.78 is 8.66. The topological polar surface area (TPSA) is 37.3 Å². The van der Waals surface area contributed by atoms with E-state index in [2.05, 4.69) is 13.8 Å². The molecule has 1 fully saturated rings. The molecule has 0 bridgehead atoms. The summed E-state index contributed by atoms with van der Waals surface area (Å²) in [5.74, 6) is 0.941. The summed E-state index contributed by atoms with van der Waals surface area (Å²) in [4.78, 5) is 11.5. The molecule has 1 rings (SSSR count). The molecule has 1 aliphatic carbocycles. The molecule has 0 aliphatic heterocycles. The van der Waals surface area contributed by atoms with Gasteiger partial charge < -0.3 is 4.55 Å². The second-order valence-corrected chi connectivity index (χ2v) is 4.37. The lowest BCUT2D eigenvalue weighted by Gasteiger charge is -2.22. The van der Waals surface area contributed by atoms with E-state index in [1.807, 2.05) is 0 Å². The Morgan fingerprint density at radius 1 is 1.62 bits per heavy atom. The second-order valence-electron chi connectivity index (χ2n) is 3.78.